The van der Waals surface area contributed by atoms with Gasteiger partial charge in [0.2, 0.25) is 0 Å². The number of nitrogens with one attached hydrogen (secondary N) is 3. The second kappa shape index (κ2) is 24.3. The first-order valence-electron chi connectivity index (χ1n) is 24.8. The minimum atomic E-state index is -4.47. The molecule has 0 radical (unpaired) electrons. The number of amides is 1. The molecule has 4 aromatic carbocycles. The van der Waals surface area contributed by atoms with Crippen molar-refractivity contribution in [2.45, 2.75) is 61.4 Å². The molecular weight excluding hydrogens is 990 g/mol. The minimum absolute atomic E-state index is 0. The zero-order chi connectivity index (χ0) is 49.4. The van der Waals surface area contributed by atoms with Gasteiger partial charge in [0, 0.05) is 130 Å². The molecule has 0 spiro atoms. The second-order valence-electron chi connectivity index (χ2n) is 19.7. The molecule has 9 rings (SSSR count). The van der Waals surface area contributed by atoms with Crippen LogP contribution in [0.15, 0.2) is 131 Å². The van der Waals surface area contributed by atoms with Gasteiger partial charge < -0.3 is 20.4 Å². The fourth-order valence-corrected chi connectivity index (χ4v) is 12.6. The smallest absolute Gasteiger partial charge is 0.293 e. The van der Waals surface area contributed by atoms with E-state index in [-0.39, 0.29) is 40.0 Å². The summed E-state index contributed by atoms with van der Waals surface area (Å²) in [6.45, 7) is 14.5. The number of carbonyl (C=O) groups excluding carboxylic acids is 1. The summed E-state index contributed by atoms with van der Waals surface area (Å²) in [6.07, 6.45) is 6.69. The molecule has 72 heavy (non-hydrogen) atoms. The van der Waals surface area contributed by atoms with Crippen LogP contribution in [0.3, 0.4) is 0 Å². The molecule has 1 aromatic heterocycles. The van der Waals surface area contributed by atoms with E-state index < -0.39 is 26.5 Å². The van der Waals surface area contributed by atoms with Gasteiger partial charge in [-0.15, -0.1) is 24.2 Å². The van der Waals surface area contributed by atoms with E-state index in [1.54, 1.807) is 23.9 Å². The largest absolute Gasteiger partial charge is 0.376 e. The van der Waals surface area contributed by atoms with E-state index in [1.807, 2.05) is 66.9 Å². The maximum atomic E-state index is 13.7. The standard InChI is InChI=1S/C54H64ClN9O5S2.ClH/c1-54(39-62-28-24-56-25-29-62)22-19-49(40-9-13-44(55)14-10-40)43(35-54)36-61-30-32-63(33-31-61)46-15-11-42(12-16-46)53(65)59-71(68,69)48-17-18-50(52(34-48)64(66)67)58-45(38-70-47-7-3-2-4-8-47)21-27-60-26-20-41-6-5-23-57-51(41)37-60;/h2-18,23,34,45,56,58H,19-22,24-33,35-39H2,1H3,(H,59,65);1H/t45?,54-;/m1./s1. The van der Waals surface area contributed by atoms with Crippen LogP contribution in [0.25, 0.3) is 5.57 Å². The highest BCUT2D eigenvalue weighted by Crippen LogP contribution is 2.44. The molecule has 14 nitrogen and oxygen atoms in total. The first-order valence-corrected chi connectivity index (χ1v) is 27.6. The fraction of sp³-hybridized carbons (Fsp3) is 0.407. The highest BCUT2D eigenvalue weighted by atomic mass is 35.5. The lowest BCUT2D eigenvalue weighted by Crippen LogP contribution is -2.49. The number of hydrogen-bond donors (Lipinski definition) is 3. The number of nitrogens with zero attached hydrogens (tertiary/aromatic N) is 6. The Labute approximate surface area is 439 Å². The van der Waals surface area contributed by atoms with E-state index in [1.165, 1.54) is 34.4 Å². The van der Waals surface area contributed by atoms with Crippen molar-refractivity contribution in [1.29, 1.82) is 0 Å². The van der Waals surface area contributed by atoms with Gasteiger partial charge in [-0.25, -0.2) is 13.1 Å². The van der Waals surface area contributed by atoms with E-state index in [0.717, 1.165) is 138 Å². The maximum Gasteiger partial charge on any atom is 0.293 e. The predicted octanol–water partition coefficient (Wildman–Crippen LogP) is 8.88. The Bertz CT molecular complexity index is 2790. The Kier molecular flexibility index (Phi) is 18.0. The first-order chi connectivity index (χ1) is 34.4. The number of fused-ring (bicyclic) bond motifs is 1. The average Bonchev–Trinajstić information content (AvgIpc) is 3.38. The lowest BCUT2D eigenvalue weighted by molar-refractivity contribution is -0.384. The summed E-state index contributed by atoms with van der Waals surface area (Å²) in [5, 5.41) is 20.1. The van der Waals surface area contributed by atoms with Crippen LogP contribution in [0.1, 0.15) is 59.8 Å². The summed E-state index contributed by atoms with van der Waals surface area (Å²) in [5.41, 5.74) is 7.70. The Morgan fingerprint density at radius 2 is 1.64 bits per heavy atom. The molecule has 1 amide bonds. The summed E-state index contributed by atoms with van der Waals surface area (Å²) in [4.78, 5) is 40.5. The number of anilines is 2. The third-order valence-corrected chi connectivity index (χ3v) is 17.2. The van der Waals surface area contributed by atoms with Crippen molar-refractivity contribution in [3.05, 3.63) is 158 Å². The number of allylic oxidation sites excluding steroid dienone is 1. The van der Waals surface area contributed by atoms with Crippen LogP contribution in [0.2, 0.25) is 5.02 Å². The molecular formula is C54H65Cl2N9O5S2. The molecule has 1 aliphatic carbocycles. The van der Waals surface area contributed by atoms with Crippen LogP contribution in [0.5, 0.6) is 0 Å². The molecule has 2 atom stereocenters. The van der Waals surface area contributed by atoms with Gasteiger partial charge in [-0.1, -0.05) is 60.5 Å². The van der Waals surface area contributed by atoms with Gasteiger partial charge in [0.05, 0.1) is 15.5 Å². The average molecular weight is 1060 g/mol. The SMILES string of the molecule is C[C@@]1(CN2CCNCC2)CCC(c2ccc(Cl)cc2)=C(CN2CCN(c3ccc(C(=O)NS(=O)(=O)c4ccc(NC(CCN5CCc6cccnc6C5)CSc5ccccc5)c([N+](=O)[O-])c4)cc3)CC2)C1.Cl. The maximum absolute atomic E-state index is 13.7. The second-order valence-corrected chi connectivity index (χ2v) is 22.9. The van der Waals surface area contributed by atoms with E-state index >= 15 is 0 Å². The predicted molar refractivity (Wildman–Crippen MR) is 292 cm³/mol. The summed E-state index contributed by atoms with van der Waals surface area (Å²) in [7, 11) is -4.47. The Morgan fingerprint density at radius 3 is 2.38 bits per heavy atom. The molecule has 2 saturated heterocycles. The van der Waals surface area contributed by atoms with Crippen molar-refractivity contribution < 1.29 is 18.1 Å². The van der Waals surface area contributed by atoms with E-state index in [9.17, 15) is 23.3 Å². The quantitative estimate of drug-likeness (QED) is 0.0435. The molecule has 2 fully saturated rings. The number of nitro benzene ring substituents is 1. The summed E-state index contributed by atoms with van der Waals surface area (Å²) in [5.74, 6) is -0.196. The fourth-order valence-electron chi connectivity index (χ4n) is 10.5. The Morgan fingerprint density at radius 1 is 0.889 bits per heavy atom. The van der Waals surface area contributed by atoms with Gasteiger partial charge in [0.1, 0.15) is 5.69 Å². The van der Waals surface area contributed by atoms with E-state index in [2.05, 4.69) is 65.1 Å². The highest BCUT2D eigenvalue weighted by Gasteiger charge is 2.35. The molecule has 18 heteroatoms. The van der Waals surface area contributed by atoms with Gasteiger partial charge >= 0.3 is 0 Å². The minimum Gasteiger partial charge on any atom is -0.376 e. The lowest BCUT2D eigenvalue weighted by Gasteiger charge is -2.43. The first kappa shape index (κ1) is 53.3. The number of carbonyl (C=O) groups is 1. The van der Waals surface area contributed by atoms with Crippen molar-refractivity contribution in [1.82, 2.24) is 29.7 Å². The van der Waals surface area contributed by atoms with Crippen LogP contribution < -0.4 is 20.3 Å². The van der Waals surface area contributed by atoms with E-state index in [0.29, 0.717) is 12.2 Å². The molecule has 4 aliphatic rings. The van der Waals surface area contributed by atoms with Crippen molar-refractivity contribution in [2.75, 3.05) is 94.5 Å². The molecule has 0 bridgehead atoms. The number of rotatable bonds is 18. The highest BCUT2D eigenvalue weighted by molar-refractivity contribution is 7.99. The van der Waals surface area contributed by atoms with Crippen LogP contribution >= 0.6 is 35.8 Å². The molecule has 4 heterocycles. The van der Waals surface area contributed by atoms with Crippen LogP contribution in [0.4, 0.5) is 17.1 Å². The Hall–Kier alpha value is -5.04. The Balaban J connectivity index is 0.00000693. The van der Waals surface area contributed by atoms with Crippen LogP contribution in [-0.2, 0) is 23.0 Å². The molecule has 382 valence electrons. The van der Waals surface area contributed by atoms with Gasteiger partial charge in [0.25, 0.3) is 21.6 Å². The van der Waals surface area contributed by atoms with Crippen molar-refractivity contribution in [3.8, 4) is 0 Å². The normalized spacial score (nSPS) is 19.5. The third kappa shape index (κ3) is 13.8. The third-order valence-electron chi connectivity index (χ3n) is 14.4. The number of pyridine rings is 1. The number of benzene rings is 4. The number of piperazine rings is 2. The zero-order valence-electron chi connectivity index (χ0n) is 40.8. The summed E-state index contributed by atoms with van der Waals surface area (Å²) in [6, 6.07) is 32.9. The monoisotopic (exact) mass is 1050 g/mol. The molecule has 1 unspecified atom stereocenters. The van der Waals surface area contributed by atoms with Gasteiger partial charge in [-0.05, 0) is 121 Å². The zero-order valence-corrected chi connectivity index (χ0v) is 44.0. The molecule has 5 aromatic rings. The number of sulfonamides is 1. The summed E-state index contributed by atoms with van der Waals surface area (Å²) >= 11 is 7.96. The number of nitro groups is 1. The number of aromatic nitrogens is 1. The van der Waals surface area contributed by atoms with Crippen LogP contribution in [-0.4, -0.2) is 129 Å². The van der Waals surface area contributed by atoms with Gasteiger partial charge in [0.15, 0.2) is 0 Å². The number of hydrogen-bond acceptors (Lipinski definition) is 13. The number of thioether (sulfide) groups is 1. The van der Waals surface area contributed by atoms with Crippen molar-refractivity contribution in [2.24, 2.45) is 5.41 Å². The molecule has 0 saturated carbocycles. The molecule has 3 aliphatic heterocycles. The van der Waals surface area contributed by atoms with Crippen LogP contribution in [0, 0.1) is 15.5 Å². The summed E-state index contributed by atoms with van der Waals surface area (Å²) < 4.78 is 29.5. The lowest BCUT2D eigenvalue weighted by atomic mass is 9.71. The van der Waals surface area contributed by atoms with Crippen molar-refractivity contribution >= 4 is 74.3 Å². The topological polar surface area (TPSA) is 156 Å². The van der Waals surface area contributed by atoms with E-state index in [4.69, 9.17) is 11.6 Å². The van der Waals surface area contributed by atoms with Gasteiger partial charge in [-0.2, -0.15) is 0 Å². The molecule has 3 N–H and O–H groups in total. The van der Waals surface area contributed by atoms with Gasteiger partial charge in [-0.3, -0.25) is 29.7 Å². The number of halogens is 2. The van der Waals surface area contributed by atoms with Crippen molar-refractivity contribution in [3.63, 3.8) is 0 Å².